The Morgan fingerprint density at radius 2 is 1.81 bits per heavy atom. The van der Waals surface area contributed by atoms with Crippen molar-refractivity contribution >= 4 is 28.2 Å². The number of aryl methyl sites for hydroxylation is 1. The fraction of sp³-hybridized carbons (Fsp3) is 0.0588. The molecule has 1 aromatic heterocycles. The van der Waals surface area contributed by atoms with Crippen LogP contribution in [0.1, 0.15) is 15.9 Å². The molecule has 0 saturated carbocycles. The van der Waals surface area contributed by atoms with Crippen molar-refractivity contribution in [3.8, 4) is 0 Å². The lowest BCUT2D eigenvalue weighted by Gasteiger charge is -2.12. The lowest BCUT2D eigenvalue weighted by Crippen LogP contribution is -1.98. The summed E-state index contributed by atoms with van der Waals surface area (Å²) >= 11 is 0. The van der Waals surface area contributed by atoms with Crippen LogP contribution in [0.25, 0.3) is 10.9 Å². The second-order valence-corrected chi connectivity index (χ2v) is 4.84. The van der Waals surface area contributed by atoms with Crippen LogP contribution >= 0.6 is 0 Å². The third kappa shape index (κ3) is 2.56. The van der Waals surface area contributed by atoms with Gasteiger partial charge in [-0.05, 0) is 42.8 Å². The summed E-state index contributed by atoms with van der Waals surface area (Å²) in [5.41, 5.74) is 4.07. The summed E-state index contributed by atoms with van der Waals surface area (Å²) in [6, 6.07) is 14.6. The van der Waals surface area contributed by atoms with Crippen molar-refractivity contribution in [1.29, 1.82) is 0 Å². The molecule has 104 valence electrons. The molecule has 0 bridgehead atoms. The number of aromatic nitrogens is 1. The number of carbonyl (C=O) groups is 1. The quantitative estimate of drug-likeness (QED) is 0.760. The maximum Gasteiger partial charge on any atom is 0.335 e. The van der Waals surface area contributed by atoms with E-state index in [0.717, 1.165) is 27.8 Å². The molecule has 2 aromatic carbocycles. The highest BCUT2D eigenvalue weighted by molar-refractivity contribution is 5.94. The van der Waals surface area contributed by atoms with E-state index in [1.54, 1.807) is 24.3 Å². The fourth-order valence-electron chi connectivity index (χ4n) is 2.25. The fourth-order valence-corrected chi connectivity index (χ4v) is 2.25. The molecule has 0 aliphatic carbocycles. The van der Waals surface area contributed by atoms with Gasteiger partial charge >= 0.3 is 5.97 Å². The number of hydrogen-bond acceptors (Lipinski definition) is 3. The van der Waals surface area contributed by atoms with Crippen LogP contribution in [0.5, 0.6) is 0 Å². The highest BCUT2D eigenvalue weighted by Gasteiger charge is 2.07. The molecule has 0 atom stereocenters. The van der Waals surface area contributed by atoms with E-state index < -0.39 is 5.97 Å². The van der Waals surface area contributed by atoms with Crippen molar-refractivity contribution in [2.75, 3.05) is 5.32 Å². The normalized spacial score (nSPS) is 10.5. The third-order valence-electron chi connectivity index (χ3n) is 3.37. The van der Waals surface area contributed by atoms with E-state index in [1.165, 1.54) is 0 Å². The van der Waals surface area contributed by atoms with Gasteiger partial charge in [0.1, 0.15) is 0 Å². The molecule has 0 unspecified atom stereocenters. The number of anilines is 2. The zero-order chi connectivity index (χ0) is 14.8. The number of rotatable bonds is 3. The second kappa shape index (κ2) is 5.25. The number of aromatic carboxylic acids is 1. The Morgan fingerprint density at radius 3 is 2.52 bits per heavy atom. The molecule has 0 amide bonds. The minimum Gasteiger partial charge on any atom is -0.478 e. The lowest BCUT2D eigenvalue weighted by atomic mass is 10.1. The van der Waals surface area contributed by atoms with E-state index in [1.807, 2.05) is 37.4 Å². The Bertz CT molecular complexity index is 811. The number of pyridine rings is 1. The zero-order valence-corrected chi connectivity index (χ0v) is 11.5. The van der Waals surface area contributed by atoms with Crippen LogP contribution in [0, 0.1) is 6.92 Å². The summed E-state index contributed by atoms with van der Waals surface area (Å²) in [6.07, 6.45) is 1.83. The minimum absolute atomic E-state index is 0.275. The van der Waals surface area contributed by atoms with E-state index in [0.29, 0.717) is 0 Å². The molecule has 2 N–H and O–H groups in total. The van der Waals surface area contributed by atoms with Crippen LogP contribution in [0.2, 0.25) is 0 Å². The highest BCUT2D eigenvalue weighted by atomic mass is 16.4. The first-order valence-electron chi connectivity index (χ1n) is 6.60. The number of benzene rings is 2. The smallest absolute Gasteiger partial charge is 0.335 e. The molecule has 0 radical (unpaired) electrons. The predicted molar refractivity (Wildman–Crippen MR) is 83.2 cm³/mol. The average molecular weight is 278 g/mol. The van der Waals surface area contributed by atoms with Crippen molar-refractivity contribution in [1.82, 2.24) is 4.98 Å². The van der Waals surface area contributed by atoms with Gasteiger partial charge in [-0.2, -0.15) is 0 Å². The van der Waals surface area contributed by atoms with E-state index in [2.05, 4.69) is 10.3 Å². The van der Waals surface area contributed by atoms with Gasteiger partial charge in [-0.25, -0.2) is 4.79 Å². The van der Waals surface area contributed by atoms with Crippen LogP contribution in [0.4, 0.5) is 11.4 Å². The number of carboxylic acid groups (broad SMARTS) is 1. The van der Waals surface area contributed by atoms with Gasteiger partial charge in [0.05, 0.1) is 16.8 Å². The average Bonchev–Trinajstić information content (AvgIpc) is 2.51. The van der Waals surface area contributed by atoms with Crippen molar-refractivity contribution in [3.63, 3.8) is 0 Å². The first-order valence-corrected chi connectivity index (χ1v) is 6.60. The summed E-state index contributed by atoms with van der Waals surface area (Å²) in [7, 11) is 0. The maximum atomic E-state index is 10.9. The van der Waals surface area contributed by atoms with E-state index in [4.69, 9.17) is 5.11 Å². The molecular weight excluding hydrogens is 264 g/mol. The Labute approximate surface area is 122 Å². The Hall–Kier alpha value is -2.88. The van der Waals surface area contributed by atoms with Crippen LogP contribution in [-0.4, -0.2) is 16.1 Å². The Kier molecular flexibility index (Phi) is 3.28. The van der Waals surface area contributed by atoms with Gasteiger partial charge in [-0.1, -0.05) is 18.2 Å². The minimum atomic E-state index is -0.924. The van der Waals surface area contributed by atoms with Gasteiger partial charge in [0, 0.05) is 17.3 Å². The second-order valence-electron chi connectivity index (χ2n) is 4.84. The van der Waals surface area contributed by atoms with E-state index in [9.17, 15) is 4.79 Å². The first-order chi connectivity index (χ1) is 10.1. The number of nitrogens with one attached hydrogen (secondary N) is 1. The molecule has 0 saturated heterocycles. The number of nitrogens with zero attached hydrogens (tertiary/aromatic N) is 1. The van der Waals surface area contributed by atoms with Crippen molar-refractivity contribution in [2.24, 2.45) is 0 Å². The highest BCUT2D eigenvalue weighted by Crippen LogP contribution is 2.28. The van der Waals surface area contributed by atoms with Crippen LogP contribution in [0.3, 0.4) is 0 Å². The largest absolute Gasteiger partial charge is 0.478 e. The predicted octanol–water partition coefficient (Wildman–Crippen LogP) is 3.99. The monoisotopic (exact) mass is 278 g/mol. The molecule has 4 heteroatoms. The van der Waals surface area contributed by atoms with Gasteiger partial charge in [0.15, 0.2) is 0 Å². The summed E-state index contributed by atoms with van der Waals surface area (Å²) in [5.74, 6) is -0.924. The van der Waals surface area contributed by atoms with Gasteiger partial charge in [0.2, 0.25) is 0 Å². The zero-order valence-electron chi connectivity index (χ0n) is 11.5. The summed E-state index contributed by atoms with van der Waals surface area (Å²) in [4.78, 5) is 15.3. The van der Waals surface area contributed by atoms with Gasteiger partial charge in [-0.3, -0.25) is 4.98 Å². The lowest BCUT2D eigenvalue weighted by molar-refractivity contribution is 0.0697. The first kappa shape index (κ1) is 13.1. The topological polar surface area (TPSA) is 62.2 Å². The number of para-hydroxylation sites is 1. The molecule has 0 aliphatic rings. The number of fused-ring (bicyclic) bond motifs is 1. The van der Waals surface area contributed by atoms with Crippen molar-refractivity contribution < 1.29 is 9.90 Å². The Morgan fingerprint density at radius 1 is 1.10 bits per heavy atom. The molecule has 4 nitrogen and oxygen atoms in total. The molecule has 21 heavy (non-hydrogen) atoms. The van der Waals surface area contributed by atoms with Crippen LogP contribution in [0.15, 0.2) is 54.7 Å². The molecule has 1 heterocycles. The number of hydrogen-bond donors (Lipinski definition) is 2. The molecule has 3 rings (SSSR count). The summed E-state index contributed by atoms with van der Waals surface area (Å²) < 4.78 is 0. The molecule has 0 aliphatic heterocycles. The SMILES string of the molecule is Cc1cnc2ccccc2c1Nc1ccc(C(=O)O)cc1. The van der Waals surface area contributed by atoms with Gasteiger partial charge in [-0.15, -0.1) is 0 Å². The summed E-state index contributed by atoms with van der Waals surface area (Å²) in [6.45, 7) is 1.99. The van der Waals surface area contributed by atoms with Gasteiger partial charge in [0.25, 0.3) is 0 Å². The summed E-state index contributed by atoms with van der Waals surface area (Å²) in [5, 5.41) is 13.3. The number of carboxylic acids is 1. The van der Waals surface area contributed by atoms with E-state index >= 15 is 0 Å². The van der Waals surface area contributed by atoms with Crippen molar-refractivity contribution in [3.05, 3.63) is 65.9 Å². The van der Waals surface area contributed by atoms with Gasteiger partial charge < -0.3 is 10.4 Å². The third-order valence-corrected chi connectivity index (χ3v) is 3.37. The van der Waals surface area contributed by atoms with Crippen LogP contribution in [-0.2, 0) is 0 Å². The molecule has 0 fully saturated rings. The Balaban J connectivity index is 2.01. The van der Waals surface area contributed by atoms with Crippen LogP contribution < -0.4 is 5.32 Å². The maximum absolute atomic E-state index is 10.9. The molecular formula is C17H14N2O2. The molecule has 3 aromatic rings. The van der Waals surface area contributed by atoms with E-state index in [-0.39, 0.29) is 5.56 Å². The molecule has 0 spiro atoms. The standard InChI is InChI=1S/C17H14N2O2/c1-11-10-18-15-5-3-2-4-14(15)16(11)19-13-8-6-12(7-9-13)17(20)21/h2-10H,1H3,(H,18,19)(H,20,21). The van der Waals surface area contributed by atoms with Crippen molar-refractivity contribution in [2.45, 2.75) is 6.92 Å².